The highest BCUT2D eigenvalue weighted by Gasteiger charge is 2.20. The van der Waals surface area contributed by atoms with Crippen LogP contribution in [0.15, 0.2) is 36.4 Å². The van der Waals surface area contributed by atoms with E-state index in [0.717, 1.165) is 11.1 Å². The van der Waals surface area contributed by atoms with Crippen molar-refractivity contribution in [3.05, 3.63) is 52.0 Å². The zero-order valence-corrected chi connectivity index (χ0v) is 11.9. The van der Waals surface area contributed by atoms with Gasteiger partial charge < -0.3 is 5.11 Å². The quantitative estimate of drug-likeness (QED) is 0.760. The molecule has 2 aromatic rings. The lowest BCUT2D eigenvalue weighted by molar-refractivity contribution is 0.420. The van der Waals surface area contributed by atoms with Gasteiger partial charge >= 0.3 is 0 Å². The summed E-state index contributed by atoms with van der Waals surface area (Å²) < 4.78 is 0. The van der Waals surface area contributed by atoms with Crippen molar-refractivity contribution in [2.24, 2.45) is 0 Å². The van der Waals surface area contributed by atoms with Gasteiger partial charge in [0.2, 0.25) is 0 Å². The maximum Gasteiger partial charge on any atom is 0.135 e. The second kappa shape index (κ2) is 5.07. The van der Waals surface area contributed by atoms with E-state index in [4.69, 9.17) is 23.2 Å². The molecule has 2 aromatic carbocycles. The molecule has 0 aliphatic heterocycles. The van der Waals surface area contributed by atoms with Crippen LogP contribution in [0.1, 0.15) is 30.7 Å². The Balaban J connectivity index is 2.04. The molecule has 1 aliphatic rings. The monoisotopic (exact) mass is 292 g/mol. The largest absolute Gasteiger partial charge is 0.506 e. The third kappa shape index (κ3) is 2.45. The van der Waals surface area contributed by atoms with E-state index < -0.39 is 0 Å². The van der Waals surface area contributed by atoms with E-state index in [1.165, 1.54) is 30.9 Å². The first-order chi connectivity index (χ1) is 9.15. The lowest BCUT2D eigenvalue weighted by Gasteiger charge is -2.26. The Hall–Kier alpha value is -1.18. The summed E-state index contributed by atoms with van der Waals surface area (Å²) in [5.74, 6) is 0.705. The lowest BCUT2D eigenvalue weighted by Crippen LogP contribution is -2.08. The molecule has 3 rings (SSSR count). The molecule has 1 N–H and O–H groups in total. The number of benzene rings is 2. The van der Waals surface area contributed by atoms with Gasteiger partial charge in [0.15, 0.2) is 0 Å². The second-order valence-corrected chi connectivity index (χ2v) is 5.85. The van der Waals surface area contributed by atoms with Crippen molar-refractivity contribution in [3.63, 3.8) is 0 Å². The highest BCUT2D eigenvalue weighted by molar-refractivity contribution is 6.36. The van der Waals surface area contributed by atoms with E-state index in [1.54, 1.807) is 6.07 Å². The Labute approximate surface area is 122 Å². The van der Waals surface area contributed by atoms with Crippen LogP contribution in [-0.2, 0) is 0 Å². The molecule has 0 atom stereocenters. The zero-order valence-electron chi connectivity index (χ0n) is 10.4. The van der Waals surface area contributed by atoms with Crippen molar-refractivity contribution in [1.82, 2.24) is 0 Å². The highest BCUT2D eigenvalue weighted by atomic mass is 35.5. The van der Waals surface area contributed by atoms with Crippen LogP contribution in [0.4, 0.5) is 0 Å². The van der Waals surface area contributed by atoms with Crippen molar-refractivity contribution >= 4 is 23.2 Å². The molecule has 1 saturated carbocycles. The first kappa shape index (κ1) is 12.8. The minimum atomic E-state index is 0.0190. The molecule has 98 valence electrons. The van der Waals surface area contributed by atoms with Gasteiger partial charge in [0.1, 0.15) is 5.75 Å². The first-order valence-corrected chi connectivity index (χ1v) is 7.19. The first-order valence-electron chi connectivity index (χ1n) is 6.43. The third-order valence-electron chi connectivity index (χ3n) is 3.81. The van der Waals surface area contributed by atoms with Gasteiger partial charge in [-0.2, -0.15) is 0 Å². The summed E-state index contributed by atoms with van der Waals surface area (Å²) in [7, 11) is 0. The van der Waals surface area contributed by atoms with Crippen LogP contribution in [0, 0.1) is 0 Å². The standard InChI is InChI=1S/C16H14Cl2O/c17-14-9-16(19)15(18)8-13(14)12-6-2-5-11(7-12)10-3-1-4-10/h2,5-10,19H,1,3-4H2. The molecule has 19 heavy (non-hydrogen) atoms. The lowest BCUT2D eigenvalue weighted by atomic mass is 9.79. The van der Waals surface area contributed by atoms with Crippen molar-refractivity contribution in [2.45, 2.75) is 25.2 Å². The van der Waals surface area contributed by atoms with Crippen LogP contribution < -0.4 is 0 Å². The van der Waals surface area contributed by atoms with Gasteiger partial charge in [0.05, 0.1) is 10.0 Å². The van der Waals surface area contributed by atoms with Gasteiger partial charge in [0.25, 0.3) is 0 Å². The predicted molar refractivity (Wildman–Crippen MR) is 80.2 cm³/mol. The number of phenolic OH excluding ortho intramolecular Hbond substituents is 1. The summed E-state index contributed by atoms with van der Waals surface area (Å²) in [5, 5.41) is 10.4. The number of halogens is 2. The molecular formula is C16H14Cl2O. The van der Waals surface area contributed by atoms with Crippen molar-refractivity contribution < 1.29 is 5.11 Å². The Morgan fingerprint density at radius 2 is 1.79 bits per heavy atom. The summed E-state index contributed by atoms with van der Waals surface area (Å²) in [6.07, 6.45) is 3.86. The zero-order chi connectivity index (χ0) is 13.4. The molecule has 3 heteroatoms. The molecule has 1 fully saturated rings. The summed E-state index contributed by atoms with van der Waals surface area (Å²) in [5.41, 5.74) is 3.28. The van der Waals surface area contributed by atoms with Crippen LogP contribution >= 0.6 is 23.2 Å². The fourth-order valence-electron chi connectivity index (χ4n) is 2.46. The maximum atomic E-state index is 9.55. The number of phenols is 1. The van der Waals surface area contributed by atoms with E-state index in [-0.39, 0.29) is 5.75 Å². The SMILES string of the molecule is Oc1cc(Cl)c(-c2cccc(C3CCC3)c2)cc1Cl. The fourth-order valence-corrected chi connectivity index (χ4v) is 2.89. The van der Waals surface area contributed by atoms with Crippen LogP contribution in [-0.4, -0.2) is 5.11 Å². The average molecular weight is 293 g/mol. The summed E-state index contributed by atoms with van der Waals surface area (Å²) >= 11 is 12.2. The average Bonchev–Trinajstić information content (AvgIpc) is 2.32. The Morgan fingerprint density at radius 1 is 1.00 bits per heavy atom. The normalized spacial score (nSPS) is 15.3. The number of hydrogen-bond donors (Lipinski definition) is 1. The number of rotatable bonds is 2. The molecule has 0 bridgehead atoms. The topological polar surface area (TPSA) is 20.2 Å². The molecule has 0 spiro atoms. The smallest absolute Gasteiger partial charge is 0.135 e. The van der Waals surface area contributed by atoms with Crippen molar-refractivity contribution in [1.29, 1.82) is 0 Å². The van der Waals surface area contributed by atoms with Gasteiger partial charge in [-0.15, -0.1) is 0 Å². The highest BCUT2D eigenvalue weighted by Crippen LogP contribution is 2.40. The number of aromatic hydroxyl groups is 1. The van der Waals surface area contributed by atoms with Crippen LogP contribution in [0.5, 0.6) is 5.75 Å². The van der Waals surface area contributed by atoms with E-state index in [1.807, 2.05) is 6.07 Å². The Kier molecular flexibility index (Phi) is 3.42. The molecule has 1 aliphatic carbocycles. The summed E-state index contributed by atoms with van der Waals surface area (Å²) in [6.45, 7) is 0. The predicted octanol–water partition coefficient (Wildman–Crippen LogP) is 5.63. The molecule has 0 radical (unpaired) electrons. The van der Waals surface area contributed by atoms with Crippen molar-refractivity contribution in [2.75, 3.05) is 0 Å². The fraction of sp³-hybridized carbons (Fsp3) is 0.250. The van der Waals surface area contributed by atoms with Gasteiger partial charge in [-0.25, -0.2) is 0 Å². The van der Waals surface area contributed by atoms with E-state index in [9.17, 15) is 5.11 Å². The van der Waals surface area contributed by atoms with Crippen molar-refractivity contribution in [3.8, 4) is 16.9 Å². The molecule has 1 nitrogen and oxygen atoms in total. The minimum absolute atomic E-state index is 0.0190. The Bertz CT molecular complexity index is 618. The molecular weight excluding hydrogens is 279 g/mol. The molecule has 0 saturated heterocycles. The molecule has 0 unspecified atom stereocenters. The molecule has 0 heterocycles. The third-order valence-corrected chi connectivity index (χ3v) is 4.43. The van der Waals surface area contributed by atoms with Gasteiger partial charge in [-0.05, 0) is 36.0 Å². The van der Waals surface area contributed by atoms with E-state index >= 15 is 0 Å². The summed E-state index contributed by atoms with van der Waals surface area (Å²) in [4.78, 5) is 0. The van der Waals surface area contributed by atoms with Gasteiger partial charge in [-0.3, -0.25) is 0 Å². The van der Waals surface area contributed by atoms with Crippen LogP contribution in [0.3, 0.4) is 0 Å². The minimum Gasteiger partial charge on any atom is -0.506 e. The second-order valence-electron chi connectivity index (χ2n) is 5.04. The van der Waals surface area contributed by atoms with Gasteiger partial charge in [0, 0.05) is 11.6 Å². The molecule has 0 aromatic heterocycles. The Morgan fingerprint density at radius 3 is 2.47 bits per heavy atom. The van der Waals surface area contributed by atoms with Gasteiger partial charge in [-0.1, -0.05) is 53.9 Å². The van der Waals surface area contributed by atoms with Crippen LogP contribution in [0.25, 0.3) is 11.1 Å². The molecule has 0 amide bonds. The van der Waals surface area contributed by atoms with Crippen LogP contribution in [0.2, 0.25) is 10.0 Å². The van der Waals surface area contributed by atoms with E-state index in [0.29, 0.717) is 16.0 Å². The number of hydrogen-bond acceptors (Lipinski definition) is 1. The summed E-state index contributed by atoms with van der Waals surface area (Å²) in [6, 6.07) is 11.6. The van der Waals surface area contributed by atoms with E-state index in [2.05, 4.69) is 18.2 Å². The maximum absolute atomic E-state index is 9.55.